The maximum absolute atomic E-state index is 14.7. The number of likely N-dealkylation sites (N-methyl/N-ethyl adjacent to an activating group) is 2. The molecule has 4 rings (SSSR count). The Kier molecular flexibility index (Phi) is 24.8. The maximum Gasteiger partial charge on any atom is 0.253 e. The van der Waals surface area contributed by atoms with Gasteiger partial charge in [0.2, 0.25) is 29.5 Å². The van der Waals surface area contributed by atoms with Crippen molar-refractivity contribution in [2.24, 2.45) is 23.7 Å². The van der Waals surface area contributed by atoms with Crippen molar-refractivity contribution < 1.29 is 47.8 Å². The highest BCUT2D eigenvalue weighted by Crippen LogP contribution is 2.30. The van der Waals surface area contributed by atoms with E-state index in [9.17, 15) is 38.4 Å². The highest BCUT2D eigenvalue weighted by molar-refractivity contribution is 6.12. The summed E-state index contributed by atoms with van der Waals surface area (Å²) in [7, 11) is 8.46. The number of nitrogens with one attached hydrogen (secondary N) is 2. The van der Waals surface area contributed by atoms with Crippen molar-refractivity contribution in [1.29, 1.82) is 0 Å². The molecule has 0 saturated carbocycles. The third-order valence-electron chi connectivity index (χ3n) is 15.3. The van der Waals surface area contributed by atoms with Gasteiger partial charge in [0.1, 0.15) is 12.3 Å². The van der Waals surface area contributed by atoms with Crippen LogP contribution in [0.3, 0.4) is 0 Å². The molecule has 0 radical (unpaired) electrons. The monoisotopic (exact) mass is 1040 g/mol. The first-order chi connectivity index (χ1) is 35.7. The number of unbranched alkanes of at least 4 members (excludes halogenated alkanes) is 2. The smallest absolute Gasteiger partial charge is 0.253 e. The average Bonchev–Trinajstić information content (AvgIpc) is 4.01. The zero-order valence-electron chi connectivity index (χ0n) is 46.8. The quantitative estimate of drug-likeness (QED) is 0.0541. The van der Waals surface area contributed by atoms with Gasteiger partial charge in [-0.05, 0) is 86.6 Å². The Bertz CT molecular complexity index is 2220. The number of anilines is 1. The second kappa shape index (κ2) is 30.1. The summed E-state index contributed by atoms with van der Waals surface area (Å²) in [6.45, 7) is 15.0. The molecule has 75 heavy (non-hydrogen) atoms. The van der Waals surface area contributed by atoms with Crippen molar-refractivity contribution in [2.75, 3.05) is 59.9 Å². The first-order valence-electron chi connectivity index (χ1n) is 27.0. The molecule has 0 aromatic heterocycles. The van der Waals surface area contributed by atoms with Gasteiger partial charge in [-0.2, -0.15) is 0 Å². The third kappa shape index (κ3) is 17.1. The Morgan fingerprint density at radius 1 is 0.800 bits per heavy atom. The highest BCUT2D eigenvalue weighted by atomic mass is 16.5. The van der Waals surface area contributed by atoms with Crippen LogP contribution in [0.5, 0.6) is 0 Å². The van der Waals surface area contributed by atoms with Crippen molar-refractivity contribution in [1.82, 2.24) is 30.2 Å². The molecule has 2 aliphatic rings. The molecule has 2 aromatic rings. The molecule has 2 heterocycles. The van der Waals surface area contributed by atoms with Crippen molar-refractivity contribution in [3.8, 4) is 0 Å². The molecular formula is C58H87N7O10. The lowest BCUT2D eigenvalue weighted by Gasteiger charge is -2.41. The lowest BCUT2D eigenvalue weighted by atomic mass is 9.89. The summed E-state index contributed by atoms with van der Waals surface area (Å²) in [4.78, 5) is 114. The molecule has 0 spiro atoms. The van der Waals surface area contributed by atoms with Crippen LogP contribution in [-0.4, -0.2) is 165 Å². The van der Waals surface area contributed by atoms with Gasteiger partial charge in [-0.15, -0.1) is 0 Å². The second-order valence-electron chi connectivity index (χ2n) is 21.3. The van der Waals surface area contributed by atoms with E-state index in [4.69, 9.17) is 9.47 Å². The van der Waals surface area contributed by atoms with Gasteiger partial charge in [-0.25, -0.2) is 0 Å². The van der Waals surface area contributed by atoms with Gasteiger partial charge in [0.05, 0.1) is 48.7 Å². The number of ether oxygens (including phenoxy) is 2. The zero-order valence-corrected chi connectivity index (χ0v) is 46.8. The van der Waals surface area contributed by atoms with E-state index in [1.165, 1.54) is 24.2 Å². The predicted molar refractivity (Wildman–Crippen MR) is 290 cm³/mol. The SMILES string of the molecule is CC[C@H](C)[C@@H]([C@@H](CC(=O)N1CCC[C@H]1[C@H](OC)[C@@H](C)C(=O)N[C@H](C=O)Cc1ccccc1)OC)N(C)C(=O)[C@@H](NC(=O)[C@H](C(C)C)N(C)CCc1ccc(N(C)C(=O)CCCCCN2C(=O)C=CC2=O)cc1)C(C)C. The normalized spacial score (nSPS) is 17.9. The van der Waals surface area contributed by atoms with Crippen LogP contribution in [0.1, 0.15) is 111 Å². The number of amides is 7. The van der Waals surface area contributed by atoms with Crippen molar-refractivity contribution in [3.63, 3.8) is 0 Å². The van der Waals surface area contributed by atoms with E-state index in [2.05, 4.69) is 10.6 Å². The van der Waals surface area contributed by atoms with Crippen LogP contribution < -0.4 is 15.5 Å². The minimum atomic E-state index is -0.863. The average molecular weight is 1040 g/mol. The van der Waals surface area contributed by atoms with Crippen molar-refractivity contribution in [2.45, 2.75) is 155 Å². The van der Waals surface area contributed by atoms with Crippen molar-refractivity contribution in [3.05, 3.63) is 77.9 Å². The second-order valence-corrected chi connectivity index (χ2v) is 21.3. The maximum atomic E-state index is 14.7. The van der Waals surface area contributed by atoms with Gasteiger partial charge in [0.15, 0.2) is 0 Å². The van der Waals surface area contributed by atoms with E-state index in [-0.39, 0.29) is 65.5 Å². The number of nitrogens with zero attached hydrogens (tertiary/aromatic N) is 5. The molecule has 0 unspecified atom stereocenters. The molecule has 2 aliphatic heterocycles. The standard InChI is InChI=1S/C58H87N7O10/c1-13-40(6)54(47(74-11)36-51(70)64-33-20-23-46(64)55(75-12)41(7)56(71)59-44(37-66)35-43-21-16-14-17-22-43)63(10)58(73)52(38(2)3)60-57(72)53(39(4)5)61(8)34-31-42-25-27-45(28-26-42)62(9)48(67)24-18-15-19-32-65-49(68)29-30-50(65)69/h14,16-17,21-22,25-30,37-41,44,46-47,52-55H,13,15,18-20,23-24,31-36H2,1-12H3,(H,59,71)(H,60,72)/t40-,41+,44-,46-,47+,52-,53-,54-,55+/m0/s1. The lowest BCUT2D eigenvalue weighted by molar-refractivity contribution is -0.148. The number of carbonyl (C=O) groups excluding carboxylic acids is 8. The van der Waals surface area contributed by atoms with E-state index < -0.39 is 48.3 Å². The molecule has 17 nitrogen and oxygen atoms in total. The van der Waals surface area contributed by atoms with Crippen LogP contribution in [0.2, 0.25) is 0 Å². The Balaban J connectivity index is 1.36. The van der Waals surface area contributed by atoms with Gasteiger partial charge in [0, 0.05) is 72.2 Å². The first-order valence-corrected chi connectivity index (χ1v) is 27.0. The van der Waals surface area contributed by atoms with Gasteiger partial charge in [0.25, 0.3) is 11.8 Å². The number of hydrogen-bond acceptors (Lipinski definition) is 11. The number of likely N-dealkylation sites (tertiary alicyclic amines) is 1. The Morgan fingerprint density at radius 3 is 2.03 bits per heavy atom. The van der Waals surface area contributed by atoms with E-state index in [1.807, 2.05) is 108 Å². The van der Waals surface area contributed by atoms with Crippen molar-refractivity contribution >= 4 is 53.3 Å². The Labute approximate surface area is 446 Å². The number of carbonyl (C=O) groups is 8. The summed E-state index contributed by atoms with van der Waals surface area (Å²) in [5, 5.41) is 6.00. The molecular weight excluding hydrogens is 955 g/mol. The molecule has 0 aliphatic carbocycles. The number of hydrogen-bond donors (Lipinski definition) is 2. The third-order valence-corrected chi connectivity index (χ3v) is 15.3. The largest absolute Gasteiger partial charge is 0.379 e. The summed E-state index contributed by atoms with van der Waals surface area (Å²) >= 11 is 0. The molecule has 2 aromatic carbocycles. The first kappa shape index (κ1) is 61.8. The Hall–Kier alpha value is -5.78. The fourth-order valence-corrected chi connectivity index (χ4v) is 10.6. The molecule has 17 heteroatoms. The minimum absolute atomic E-state index is 0.0217. The number of methoxy groups -OCH3 is 2. The fourth-order valence-electron chi connectivity index (χ4n) is 10.6. The van der Waals surface area contributed by atoms with E-state index in [0.29, 0.717) is 71.0 Å². The molecule has 414 valence electrons. The summed E-state index contributed by atoms with van der Waals surface area (Å²) in [6, 6.07) is 14.2. The predicted octanol–water partition coefficient (Wildman–Crippen LogP) is 5.62. The summed E-state index contributed by atoms with van der Waals surface area (Å²) < 4.78 is 12.1. The lowest BCUT2D eigenvalue weighted by Crippen LogP contribution is -2.60. The van der Waals surface area contributed by atoms with E-state index >= 15 is 0 Å². The fraction of sp³-hybridized carbons (Fsp3) is 0.621. The van der Waals surface area contributed by atoms with Gasteiger partial charge < -0.3 is 39.6 Å². The van der Waals surface area contributed by atoms with E-state index in [0.717, 1.165) is 29.5 Å². The van der Waals surface area contributed by atoms with Crippen LogP contribution in [0.15, 0.2) is 66.7 Å². The summed E-state index contributed by atoms with van der Waals surface area (Å²) in [6.07, 6.45) is 7.31. The summed E-state index contributed by atoms with van der Waals surface area (Å²) in [5.74, 6) is -2.78. The van der Waals surface area contributed by atoms with E-state index in [1.54, 1.807) is 42.8 Å². The van der Waals surface area contributed by atoms with Crippen LogP contribution in [0.4, 0.5) is 5.69 Å². The molecule has 1 saturated heterocycles. The molecule has 9 atom stereocenters. The van der Waals surface area contributed by atoms with Crippen LogP contribution in [-0.2, 0) is 60.7 Å². The van der Waals surface area contributed by atoms with Crippen LogP contribution >= 0.6 is 0 Å². The van der Waals surface area contributed by atoms with Gasteiger partial charge >= 0.3 is 0 Å². The number of imide groups is 1. The number of aldehydes is 1. The van der Waals surface area contributed by atoms with Crippen LogP contribution in [0, 0.1) is 23.7 Å². The molecule has 2 N–H and O–H groups in total. The minimum Gasteiger partial charge on any atom is -0.379 e. The van der Waals surface area contributed by atoms with Crippen LogP contribution in [0.25, 0.3) is 0 Å². The van der Waals surface area contributed by atoms with Gasteiger partial charge in [-0.3, -0.25) is 43.4 Å². The molecule has 7 amide bonds. The topological polar surface area (TPSA) is 195 Å². The number of rotatable bonds is 31. The summed E-state index contributed by atoms with van der Waals surface area (Å²) in [5.41, 5.74) is 2.72. The highest BCUT2D eigenvalue weighted by Gasteiger charge is 2.43. The number of benzene rings is 2. The molecule has 0 bridgehead atoms. The van der Waals surface area contributed by atoms with Gasteiger partial charge in [-0.1, -0.05) is 104 Å². The Morgan fingerprint density at radius 2 is 1.45 bits per heavy atom. The molecule has 1 fully saturated rings. The zero-order chi connectivity index (χ0) is 55.5.